The van der Waals surface area contributed by atoms with Gasteiger partial charge in [-0.2, -0.15) is 0 Å². The molecule has 0 unspecified atom stereocenters. The molecule has 1 amide bonds. The third-order valence-corrected chi connectivity index (χ3v) is 6.92. The Morgan fingerprint density at radius 1 is 0.867 bits per heavy atom. The van der Waals surface area contributed by atoms with Gasteiger partial charge in [-0.3, -0.25) is 19.4 Å². The molecule has 6 nitrogen and oxygen atoms in total. The first kappa shape index (κ1) is 21.0. The van der Waals surface area contributed by atoms with Gasteiger partial charge in [0.05, 0.1) is 6.54 Å². The van der Waals surface area contributed by atoms with Crippen LogP contribution in [0.3, 0.4) is 0 Å². The van der Waals surface area contributed by atoms with Gasteiger partial charge in [0.2, 0.25) is 5.91 Å². The maximum atomic E-state index is 12.8. The maximum absolute atomic E-state index is 12.8. The molecule has 7 heteroatoms. The van der Waals surface area contributed by atoms with Gasteiger partial charge in [-0.1, -0.05) is 6.07 Å². The molecule has 0 radical (unpaired) electrons. The van der Waals surface area contributed by atoms with Crippen LogP contribution in [-0.2, 0) is 11.3 Å². The number of amides is 1. The van der Waals surface area contributed by atoms with Crippen molar-refractivity contribution in [3.8, 4) is 0 Å². The highest BCUT2D eigenvalue weighted by Crippen LogP contribution is 2.18. The zero-order chi connectivity index (χ0) is 20.9. The molecule has 0 spiro atoms. The van der Waals surface area contributed by atoms with Crippen LogP contribution in [0.4, 0.5) is 5.69 Å². The molecule has 0 N–H and O–H groups in total. The normalized spacial score (nSPS) is 18.6. The van der Waals surface area contributed by atoms with E-state index in [4.69, 9.17) is 0 Å². The van der Waals surface area contributed by atoms with Gasteiger partial charge in [-0.15, -0.1) is 11.3 Å². The van der Waals surface area contributed by atoms with Crippen LogP contribution in [0.1, 0.15) is 22.2 Å². The van der Waals surface area contributed by atoms with E-state index in [-0.39, 0.29) is 11.7 Å². The van der Waals surface area contributed by atoms with Gasteiger partial charge in [0.15, 0.2) is 5.78 Å². The summed E-state index contributed by atoms with van der Waals surface area (Å²) >= 11 is 1.80. The lowest BCUT2D eigenvalue weighted by molar-refractivity contribution is -0.134. The minimum atomic E-state index is 0.0947. The lowest BCUT2D eigenvalue weighted by atomic mass is 10.1. The molecular weight excluding hydrogens is 396 g/mol. The molecule has 4 rings (SSSR count). The van der Waals surface area contributed by atoms with Gasteiger partial charge in [-0.05, 0) is 42.6 Å². The van der Waals surface area contributed by atoms with E-state index in [0.29, 0.717) is 6.54 Å². The Labute approximate surface area is 182 Å². The van der Waals surface area contributed by atoms with Crippen molar-refractivity contribution in [1.82, 2.24) is 14.7 Å². The van der Waals surface area contributed by atoms with E-state index in [1.165, 1.54) is 4.88 Å². The molecule has 160 valence electrons. The Bertz CT molecular complexity index is 837. The molecular formula is C23H30N4O2S. The first-order valence-corrected chi connectivity index (χ1v) is 11.6. The van der Waals surface area contributed by atoms with E-state index in [0.717, 1.165) is 70.2 Å². The quantitative estimate of drug-likeness (QED) is 0.664. The molecule has 2 aliphatic heterocycles. The highest BCUT2D eigenvalue weighted by molar-refractivity contribution is 7.09. The number of hydrogen-bond donors (Lipinski definition) is 0. The van der Waals surface area contributed by atoms with E-state index < -0.39 is 0 Å². The largest absolute Gasteiger partial charge is 0.369 e. The molecule has 2 saturated heterocycles. The SMILES string of the molecule is CC(=O)c1ccc(N2CCN(CC(=O)N3CCN(Cc4cccs4)CC3)CC2)cc1. The standard InChI is InChI=1S/C23H30N4O2S/c1-19(28)20-4-6-21(7-5-20)26-12-8-25(9-13-26)18-23(29)27-14-10-24(11-15-27)17-22-3-2-16-30-22/h2-7,16H,8-15,17-18H2,1H3. The number of anilines is 1. The van der Waals surface area contributed by atoms with Crippen LogP contribution in [0.2, 0.25) is 0 Å². The summed E-state index contributed by atoms with van der Waals surface area (Å²) in [7, 11) is 0. The summed E-state index contributed by atoms with van der Waals surface area (Å²) in [6.07, 6.45) is 0. The number of rotatable bonds is 6. The summed E-state index contributed by atoms with van der Waals surface area (Å²) < 4.78 is 0. The third-order valence-electron chi connectivity index (χ3n) is 6.05. The zero-order valence-electron chi connectivity index (χ0n) is 17.6. The van der Waals surface area contributed by atoms with E-state index >= 15 is 0 Å². The number of benzene rings is 1. The molecule has 3 heterocycles. The fourth-order valence-corrected chi connectivity index (χ4v) is 4.89. The Kier molecular flexibility index (Phi) is 6.82. The first-order chi connectivity index (χ1) is 14.6. The zero-order valence-corrected chi connectivity index (χ0v) is 18.4. The molecule has 0 saturated carbocycles. The van der Waals surface area contributed by atoms with Crippen molar-refractivity contribution < 1.29 is 9.59 Å². The van der Waals surface area contributed by atoms with E-state index in [9.17, 15) is 9.59 Å². The number of carbonyl (C=O) groups excluding carboxylic acids is 2. The van der Waals surface area contributed by atoms with Crippen molar-refractivity contribution in [2.75, 3.05) is 63.8 Å². The van der Waals surface area contributed by atoms with Crippen LogP contribution in [-0.4, -0.2) is 85.3 Å². The smallest absolute Gasteiger partial charge is 0.236 e. The number of carbonyl (C=O) groups is 2. The topological polar surface area (TPSA) is 47.1 Å². The molecule has 2 fully saturated rings. The molecule has 0 bridgehead atoms. The second-order valence-corrected chi connectivity index (χ2v) is 9.13. The summed E-state index contributed by atoms with van der Waals surface area (Å²) in [5, 5.41) is 2.12. The van der Waals surface area contributed by atoms with E-state index in [1.807, 2.05) is 29.2 Å². The summed E-state index contributed by atoms with van der Waals surface area (Å²) in [4.78, 5) is 34.7. The minimum absolute atomic E-state index is 0.0947. The highest BCUT2D eigenvalue weighted by atomic mass is 32.1. The summed E-state index contributed by atoms with van der Waals surface area (Å²) in [5.41, 5.74) is 1.89. The third kappa shape index (κ3) is 5.28. The van der Waals surface area contributed by atoms with Crippen LogP contribution in [0.15, 0.2) is 41.8 Å². The lowest BCUT2D eigenvalue weighted by Crippen LogP contribution is -2.53. The van der Waals surface area contributed by atoms with Gasteiger partial charge in [-0.25, -0.2) is 0 Å². The fraction of sp³-hybridized carbons (Fsp3) is 0.478. The molecule has 30 heavy (non-hydrogen) atoms. The number of thiophene rings is 1. The summed E-state index contributed by atoms with van der Waals surface area (Å²) in [6.45, 7) is 10.2. The predicted molar refractivity (Wildman–Crippen MR) is 121 cm³/mol. The monoisotopic (exact) mass is 426 g/mol. The van der Waals surface area contributed by atoms with E-state index in [2.05, 4.69) is 32.2 Å². The minimum Gasteiger partial charge on any atom is -0.369 e. The highest BCUT2D eigenvalue weighted by Gasteiger charge is 2.25. The average Bonchev–Trinajstić information content (AvgIpc) is 3.28. The van der Waals surface area contributed by atoms with Gasteiger partial charge >= 0.3 is 0 Å². The molecule has 2 aromatic rings. The Morgan fingerprint density at radius 2 is 1.53 bits per heavy atom. The molecule has 0 atom stereocenters. The van der Waals surface area contributed by atoms with E-state index in [1.54, 1.807) is 18.3 Å². The van der Waals surface area contributed by atoms with Crippen molar-refractivity contribution >= 4 is 28.7 Å². The summed E-state index contributed by atoms with van der Waals surface area (Å²) in [5.74, 6) is 0.349. The van der Waals surface area contributed by atoms with Crippen molar-refractivity contribution in [1.29, 1.82) is 0 Å². The van der Waals surface area contributed by atoms with Crippen LogP contribution in [0.5, 0.6) is 0 Å². The van der Waals surface area contributed by atoms with Crippen LogP contribution in [0, 0.1) is 0 Å². The number of piperazine rings is 2. The first-order valence-electron chi connectivity index (χ1n) is 10.7. The van der Waals surface area contributed by atoms with Crippen molar-refractivity contribution in [2.24, 2.45) is 0 Å². The molecule has 1 aromatic carbocycles. The van der Waals surface area contributed by atoms with Crippen molar-refractivity contribution in [3.05, 3.63) is 52.2 Å². The molecule has 1 aromatic heterocycles. The summed E-state index contributed by atoms with van der Waals surface area (Å²) in [6, 6.07) is 12.1. The second kappa shape index (κ2) is 9.73. The van der Waals surface area contributed by atoms with Crippen molar-refractivity contribution in [3.63, 3.8) is 0 Å². The Hall–Kier alpha value is -2.22. The van der Waals surface area contributed by atoms with Gasteiger partial charge in [0.1, 0.15) is 0 Å². The van der Waals surface area contributed by atoms with Crippen LogP contribution >= 0.6 is 11.3 Å². The average molecular weight is 427 g/mol. The number of ketones is 1. The number of nitrogens with zero attached hydrogens (tertiary/aromatic N) is 4. The van der Waals surface area contributed by atoms with Gasteiger partial charge in [0.25, 0.3) is 0 Å². The Balaban J connectivity index is 1.19. The van der Waals surface area contributed by atoms with Crippen LogP contribution in [0.25, 0.3) is 0 Å². The van der Waals surface area contributed by atoms with Crippen molar-refractivity contribution in [2.45, 2.75) is 13.5 Å². The fourth-order valence-electron chi connectivity index (χ4n) is 4.14. The molecule has 0 aliphatic carbocycles. The van der Waals surface area contributed by atoms with Gasteiger partial charge < -0.3 is 9.80 Å². The predicted octanol–water partition coefficient (Wildman–Crippen LogP) is 2.42. The molecule has 2 aliphatic rings. The number of hydrogen-bond acceptors (Lipinski definition) is 6. The van der Waals surface area contributed by atoms with Crippen LogP contribution < -0.4 is 4.90 Å². The lowest BCUT2D eigenvalue weighted by Gasteiger charge is -2.38. The van der Waals surface area contributed by atoms with Gasteiger partial charge in [0, 0.05) is 75.0 Å². The Morgan fingerprint density at radius 3 is 2.13 bits per heavy atom. The maximum Gasteiger partial charge on any atom is 0.236 e. The number of Topliss-reactive ketones (excluding diaryl/α,β-unsaturated/α-hetero) is 1. The second-order valence-electron chi connectivity index (χ2n) is 8.10.